The molecule has 0 atom stereocenters. The quantitative estimate of drug-likeness (QED) is 0.540. The minimum atomic E-state index is -0.788. The van der Waals surface area contributed by atoms with Crippen LogP contribution in [-0.2, 0) is 0 Å². The zero-order valence-electron chi connectivity index (χ0n) is 6.45. The molecule has 2 aromatic rings. The van der Waals surface area contributed by atoms with E-state index in [0.29, 0.717) is 5.52 Å². The third kappa shape index (κ3) is 1.05. The van der Waals surface area contributed by atoms with Crippen molar-refractivity contribution in [3.8, 4) is 0 Å². The van der Waals surface area contributed by atoms with E-state index in [0.717, 1.165) is 6.07 Å². The fourth-order valence-corrected chi connectivity index (χ4v) is 1.23. The molecule has 0 aliphatic carbocycles. The first kappa shape index (κ1) is 7.72. The number of benzene rings is 1. The van der Waals surface area contributed by atoms with E-state index >= 15 is 0 Å². The second-order valence-electron chi connectivity index (χ2n) is 2.59. The number of nitrogens with zero attached hydrogens (tertiary/aromatic N) is 1. The lowest BCUT2D eigenvalue weighted by atomic mass is 10.2. The van der Waals surface area contributed by atoms with Gasteiger partial charge in [0.1, 0.15) is 0 Å². The minimum Gasteiger partial charge on any atom is -0.361 e. The van der Waals surface area contributed by atoms with Crippen molar-refractivity contribution >= 4 is 16.6 Å². The topological polar surface area (TPSA) is 58.9 Å². The molecule has 4 nitrogen and oxygen atoms in total. The lowest BCUT2D eigenvalue weighted by Crippen LogP contribution is -1.91. The number of nitro groups is 1. The molecule has 0 unspecified atom stereocenters. The van der Waals surface area contributed by atoms with E-state index in [9.17, 15) is 14.5 Å². The van der Waals surface area contributed by atoms with Crippen molar-refractivity contribution in [1.29, 1.82) is 0 Å². The molecule has 1 N–H and O–H groups in total. The molecule has 1 aromatic carbocycles. The Balaban J connectivity index is 2.80. The summed E-state index contributed by atoms with van der Waals surface area (Å²) in [5, 5.41) is 10.6. The maximum atomic E-state index is 13.3. The summed E-state index contributed by atoms with van der Waals surface area (Å²) in [5.74, 6) is -0.788. The summed E-state index contributed by atoms with van der Waals surface area (Å²) < 4.78 is 13.3. The Labute approximate surface area is 72.1 Å². The van der Waals surface area contributed by atoms with Crippen LogP contribution in [0.2, 0.25) is 0 Å². The molecule has 13 heavy (non-hydrogen) atoms. The van der Waals surface area contributed by atoms with Crippen molar-refractivity contribution in [1.82, 2.24) is 4.98 Å². The molecule has 1 heterocycles. The van der Waals surface area contributed by atoms with Crippen LogP contribution in [0.1, 0.15) is 0 Å². The maximum Gasteiger partial charge on any atom is 0.305 e. The number of H-pyrrole nitrogens is 1. The van der Waals surface area contributed by atoms with Crippen LogP contribution in [0.5, 0.6) is 0 Å². The van der Waals surface area contributed by atoms with Crippen LogP contribution in [-0.4, -0.2) is 9.91 Å². The molecule has 1 aromatic heterocycles. The number of nitro benzene ring substituents is 1. The largest absolute Gasteiger partial charge is 0.361 e. The molecule has 0 aliphatic heterocycles. The van der Waals surface area contributed by atoms with Gasteiger partial charge < -0.3 is 4.98 Å². The molecule has 0 bridgehead atoms. The summed E-state index contributed by atoms with van der Waals surface area (Å²) >= 11 is 0. The van der Waals surface area contributed by atoms with E-state index < -0.39 is 16.4 Å². The van der Waals surface area contributed by atoms with Crippen LogP contribution in [0, 0.1) is 15.9 Å². The third-order valence-electron chi connectivity index (χ3n) is 1.84. The molecular weight excluding hydrogens is 175 g/mol. The fraction of sp³-hybridized carbons (Fsp3) is 0. The molecule has 0 spiro atoms. The van der Waals surface area contributed by atoms with E-state index in [1.807, 2.05) is 0 Å². The Morgan fingerprint density at radius 1 is 1.38 bits per heavy atom. The fourth-order valence-electron chi connectivity index (χ4n) is 1.23. The van der Waals surface area contributed by atoms with Gasteiger partial charge in [0.05, 0.1) is 4.92 Å². The van der Waals surface area contributed by atoms with Gasteiger partial charge in [-0.2, -0.15) is 4.39 Å². The van der Waals surface area contributed by atoms with Crippen molar-refractivity contribution in [3.63, 3.8) is 0 Å². The van der Waals surface area contributed by atoms with Gasteiger partial charge in [0.25, 0.3) is 0 Å². The van der Waals surface area contributed by atoms with Gasteiger partial charge >= 0.3 is 5.69 Å². The zero-order chi connectivity index (χ0) is 9.42. The first-order chi connectivity index (χ1) is 6.20. The summed E-state index contributed by atoms with van der Waals surface area (Å²) in [5.41, 5.74) is 0.0650. The van der Waals surface area contributed by atoms with E-state index in [-0.39, 0.29) is 5.39 Å². The van der Waals surface area contributed by atoms with Crippen LogP contribution in [0.4, 0.5) is 10.1 Å². The van der Waals surface area contributed by atoms with Crippen molar-refractivity contribution in [2.24, 2.45) is 0 Å². The van der Waals surface area contributed by atoms with Gasteiger partial charge in [0.15, 0.2) is 0 Å². The number of hydrogen-bond donors (Lipinski definition) is 1. The van der Waals surface area contributed by atoms with E-state index in [1.165, 1.54) is 18.3 Å². The summed E-state index contributed by atoms with van der Waals surface area (Å²) in [6.07, 6.45) is 1.54. The summed E-state index contributed by atoms with van der Waals surface area (Å²) in [7, 11) is 0. The first-order valence-corrected chi connectivity index (χ1v) is 3.60. The SMILES string of the molecule is O=[N+]([O-])c1ccc2[nH]ccc2c1F. The molecule has 0 aliphatic rings. The standard InChI is InChI=1S/C8H5FN2O2/c9-8-5-3-4-10-6(5)1-2-7(8)11(12)13/h1-4,10H. The predicted molar refractivity (Wildman–Crippen MR) is 44.9 cm³/mol. The number of halogens is 1. The lowest BCUT2D eigenvalue weighted by Gasteiger charge is -1.94. The van der Waals surface area contributed by atoms with Crippen molar-refractivity contribution < 1.29 is 9.31 Å². The Morgan fingerprint density at radius 2 is 2.15 bits per heavy atom. The maximum absolute atomic E-state index is 13.3. The first-order valence-electron chi connectivity index (χ1n) is 3.60. The number of fused-ring (bicyclic) bond motifs is 1. The minimum absolute atomic E-state index is 0.245. The van der Waals surface area contributed by atoms with Gasteiger partial charge in [-0.15, -0.1) is 0 Å². The summed E-state index contributed by atoms with van der Waals surface area (Å²) in [6.45, 7) is 0. The second kappa shape index (κ2) is 2.55. The van der Waals surface area contributed by atoms with Gasteiger partial charge in [0.2, 0.25) is 5.82 Å². The Hall–Kier alpha value is -1.91. The van der Waals surface area contributed by atoms with Gasteiger partial charge in [-0.25, -0.2) is 0 Å². The van der Waals surface area contributed by atoms with Crippen LogP contribution < -0.4 is 0 Å². The van der Waals surface area contributed by atoms with Gasteiger partial charge in [-0.05, 0) is 12.1 Å². The van der Waals surface area contributed by atoms with Gasteiger partial charge in [-0.3, -0.25) is 10.1 Å². The van der Waals surface area contributed by atoms with Crippen LogP contribution in [0.25, 0.3) is 10.9 Å². The number of nitrogens with one attached hydrogen (secondary N) is 1. The van der Waals surface area contributed by atoms with Crippen LogP contribution in [0.15, 0.2) is 24.4 Å². The summed E-state index contributed by atoms with van der Waals surface area (Å²) in [6, 6.07) is 4.10. The van der Waals surface area contributed by atoms with Gasteiger partial charge in [0, 0.05) is 23.2 Å². The van der Waals surface area contributed by atoms with Crippen molar-refractivity contribution in [2.45, 2.75) is 0 Å². The van der Waals surface area contributed by atoms with E-state index in [4.69, 9.17) is 0 Å². The highest BCUT2D eigenvalue weighted by molar-refractivity contribution is 5.82. The number of hydrogen-bond acceptors (Lipinski definition) is 2. The van der Waals surface area contributed by atoms with Crippen LogP contribution >= 0.6 is 0 Å². The van der Waals surface area contributed by atoms with Crippen LogP contribution in [0.3, 0.4) is 0 Å². The monoisotopic (exact) mass is 180 g/mol. The smallest absolute Gasteiger partial charge is 0.305 e. The molecule has 5 heteroatoms. The molecule has 0 radical (unpaired) electrons. The highest BCUT2D eigenvalue weighted by atomic mass is 19.1. The van der Waals surface area contributed by atoms with E-state index in [2.05, 4.69) is 4.98 Å². The number of rotatable bonds is 1. The highest BCUT2D eigenvalue weighted by Gasteiger charge is 2.16. The molecule has 0 amide bonds. The van der Waals surface area contributed by atoms with Crippen molar-refractivity contribution in [2.75, 3.05) is 0 Å². The average Bonchev–Trinajstić information content (AvgIpc) is 2.52. The molecule has 2 rings (SSSR count). The Kier molecular flexibility index (Phi) is 1.51. The highest BCUT2D eigenvalue weighted by Crippen LogP contribution is 2.24. The molecule has 0 saturated heterocycles. The Bertz CT molecular complexity index is 478. The normalized spacial score (nSPS) is 10.5. The summed E-state index contributed by atoms with van der Waals surface area (Å²) in [4.78, 5) is 12.4. The van der Waals surface area contributed by atoms with Crippen molar-refractivity contribution in [3.05, 3.63) is 40.3 Å². The molecular formula is C8H5FN2O2. The molecule has 66 valence electrons. The number of aromatic amines is 1. The zero-order valence-corrected chi connectivity index (χ0v) is 6.45. The molecule has 0 saturated carbocycles. The third-order valence-corrected chi connectivity index (χ3v) is 1.84. The second-order valence-corrected chi connectivity index (χ2v) is 2.59. The predicted octanol–water partition coefficient (Wildman–Crippen LogP) is 2.22. The molecule has 0 fully saturated rings. The lowest BCUT2D eigenvalue weighted by molar-refractivity contribution is -0.387. The average molecular weight is 180 g/mol. The van der Waals surface area contributed by atoms with E-state index in [1.54, 1.807) is 0 Å². The van der Waals surface area contributed by atoms with Gasteiger partial charge in [-0.1, -0.05) is 0 Å². The Morgan fingerprint density at radius 3 is 2.85 bits per heavy atom. The number of aromatic nitrogens is 1.